The lowest BCUT2D eigenvalue weighted by atomic mass is 9.74. The summed E-state index contributed by atoms with van der Waals surface area (Å²) in [5.41, 5.74) is 1.84. The highest BCUT2D eigenvalue weighted by molar-refractivity contribution is 6.03. The van der Waals surface area contributed by atoms with Gasteiger partial charge in [0.2, 0.25) is 17.7 Å². The van der Waals surface area contributed by atoms with Crippen LogP contribution in [0.1, 0.15) is 63.5 Å². The largest absolute Gasteiger partial charge is 0.359 e. The van der Waals surface area contributed by atoms with E-state index in [0.29, 0.717) is 12.1 Å². The maximum Gasteiger partial charge on any atom is 0.246 e. The van der Waals surface area contributed by atoms with Crippen molar-refractivity contribution < 1.29 is 19.1 Å². The minimum Gasteiger partial charge on any atom is -0.359 e. The van der Waals surface area contributed by atoms with Crippen LogP contribution in [0, 0.1) is 25.7 Å². The number of carbonyl (C=O) groups excluding carboxylic acids is 3. The number of nitrogens with one attached hydrogen (secondary N) is 2. The van der Waals surface area contributed by atoms with E-state index in [0.717, 1.165) is 36.8 Å². The fraction of sp³-hybridized carbons (Fsp3) is 0.607. The maximum absolute atomic E-state index is 13.9. The van der Waals surface area contributed by atoms with Gasteiger partial charge in [0.05, 0.1) is 17.9 Å². The first-order valence-corrected chi connectivity index (χ1v) is 13.1. The smallest absolute Gasteiger partial charge is 0.246 e. The lowest BCUT2D eigenvalue weighted by Crippen LogP contribution is -2.58. The van der Waals surface area contributed by atoms with Gasteiger partial charge in [-0.15, -0.1) is 0 Å². The van der Waals surface area contributed by atoms with Crippen LogP contribution >= 0.6 is 0 Å². The molecule has 1 aliphatic carbocycles. The third-order valence-corrected chi connectivity index (χ3v) is 8.65. The molecule has 35 heavy (non-hydrogen) atoms. The second-order valence-corrected chi connectivity index (χ2v) is 10.8. The van der Waals surface area contributed by atoms with Crippen LogP contribution in [0.25, 0.3) is 0 Å². The minimum absolute atomic E-state index is 0.132. The zero-order valence-electron chi connectivity index (χ0n) is 21.2. The summed E-state index contributed by atoms with van der Waals surface area (Å²) in [5, 5.41) is 6.24. The SMILES string of the molecule is CC[C@H](C)N1C(=O)[C@H]2[C@@H](C(=O)Nc3ccc(C)c(C)c3)[C@H]3C=C[C@@]2(O3)[C@H]1C(=O)NC1CCCCC1. The highest BCUT2D eigenvalue weighted by Crippen LogP contribution is 2.55. The zero-order chi connectivity index (χ0) is 24.9. The molecule has 0 unspecified atom stereocenters. The highest BCUT2D eigenvalue weighted by atomic mass is 16.5. The Morgan fingerprint density at radius 2 is 1.89 bits per heavy atom. The van der Waals surface area contributed by atoms with E-state index in [1.807, 2.05) is 58.0 Å². The average Bonchev–Trinajstić information content (AvgIpc) is 3.49. The first-order valence-electron chi connectivity index (χ1n) is 13.1. The fourth-order valence-corrected chi connectivity index (χ4v) is 6.45. The van der Waals surface area contributed by atoms with Gasteiger partial charge in [-0.25, -0.2) is 0 Å². The lowest BCUT2D eigenvalue weighted by molar-refractivity contribution is -0.143. The van der Waals surface area contributed by atoms with Crippen LogP contribution in [0.4, 0.5) is 5.69 Å². The number of carbonyl (C=O) groups is 3. The summed E-state index contributed by atoms with van der Waals surface area (Å²) < 4.78 is 6.42. The summed E-state index contributed by atoms with van der Waals surface area (Å²) in [7, 11) is 0. The number of likely N-dealkylation sites (tertiary alicyclic amines) is 1. The molecule has 0 aromatic heterocycles. The van der Waals surface area contributed by atoms with E-state index in [2.05, 4.69) is 10.6 Å². The van der Waals surface area contributed by atoms with Gasteiger partial charge < -0.3 is 20.3 Å². The van der Waals surface area contributed by atoms with Crippen molar-refractivity contribution in [2.24, 2.45) is 11.8 Å². The van der Waals surface area contributed by atoms with Gasteiger partial charge in [-0.05, 0) is 63.3 Å². The summed E-state index contributed by atoms with van der Waals surface area (Å²) in [4.78, 5) is 42.9. The molecule has 188 valence electrons. The Morgan fingerprint density at radius 3 is 2.57 bits per heavy atom. The number of fused-ring (bicyclic) bond motifs is 1. The summed E-state index contributed by atoms with van der Waals surface area (Å²) in [6.07, 6.45) is 9.30. The average molecular weight is 480 g/mol. The lowest BCUT2D eigenvalue weighted by Gasteiger charge is -2.36. The summed E-state index contributed by atoms with van der Waals surface area (Å²) >= 11 is 0. The van der Waals surface area contributed by atoms with Gasteiger partial charge in [0.25, 0.3) is 0 Å². The van der Waals surface area contributed by atoms with E-state index in [1.165, 1.54) is 6.42 Å². The number of aryl methyl sites for hydroxylation is 2. The Bertz CT molecular complexity index is 1060. The first kappa shape index (κ1) is 24.0. The van der Waals surface area contributed by atoms with Gasteiger partial charge >= 0.3 is 0 Å². The van der Waals surface area contributed by atoms with Crippen molar-refractivity contribution in [2.45, 2.75) is 96.1 Å². The second-order valence-electron chi connectivity index (χ2n) is 10.8. The van der Waals surface area contributed by atoms with Crippen molar-refractivity contribution in [3.05, 3.63) is 41.5 Å². The monoisotopic (exact) mass is 479 g/mol. The molecular formula is C28H37N3O4. The van der Waals surface area contributed by atoms with Gasteiger partial charge in [-0.3, -0.25) is 14.4 Å². The van der Waals surface area contributed by atoms with E-state index in [-0.39, 0.29) is 29.8 Å². The highest BCUT2D eigenvalue weighted by Gasteiger charge is 2.73. The van der Waals surface area contributed by atoms with Gasteiger partial charge in [0, 0.05) is 17.8 Å². The number of amides is 3. The van der Waals surface area contributed by atoms with Gasteiger partial charge in [0.15, 0.2) is 0 Å². The van der Waals surface area contributed by atoms with Gasteiger partial charge in [0.1, 0.15) is 11.6 Å². The summed E-state index contributed by atoms with van der Waals surface area (Å²) in [6.45, 7) is 8.01. The van der Waals surface area contributed by atoms with Crippen molar-refractivity contribution in [1.82, 2.24) is 10.2 Å². The molecule has 3 heterocycles. The molecule has 1 spiro atoms. The predicted molar refractivity (Wildman–Crippen MR) is 134 cm³/mol. The third-order valence-electron chi connectivity index (χ3n) is 8.65. The summed E-state index contributed by atoms with van der Waals surface area (Å²) in [6, 6.07) is 5.02. The van der Waals surface area contributed by atoms with E-state index >= 15 is 0 Å². The van der Waals surface area contributed by atoms with E-state index in [4.69, 9.17) is 4.74 Å². The Kier molecular flexibility index (Phi) is 6.24. The molecule has 3 amide bonds. The molecule has 2 saturated heterocycles. The molecule has 7 heteroatoms. The molecule has 4 aliphatic rings. The molecule has 5 rings (SSSR count). The van der Waals surface area contributed by atoms with Crippen molar-refractivity contribution in [2.75, 3.05) is 5.32 Å². The van der Waals surface area contributed by atoms with Crippen molar-refractivity contribution >= 4 is 23.4 Å². The Labute approximate surface area is 207 Å². The molecule has 3 fully saturated rings. The van der Waals surface area contributed by atoms with Crippen LogP contribution in [0.15, 0.2) is 30.4 Å². The number of rotatable bonds is 6. The van der Waals surface area contributed by atoms with Crippen molar-refractivity contribution in [1.29, 1.82) is 0 Å². The Hall–Kier alpha value is -2.67. The van der Waals surface area contributed by atoms with E-state index < -0.39 is 29.6 Å². The zero-order valence-corrected chi connectivity index (χ0v) is 21.2. The maximum atomic E-state index is 13.9. The Balaban J connectivity index is 1.44. The minimum atomic E-state index is -1.10. The quantitative estimate of drug-likeness (QED) is 0.610. The van der Waals surface area contributed by atoms with Crippen LogP contribution in [0.3, 0.4) is 0 Å². The first-order chi connectivity index (χ1) is 16.8. The molecule has 3 aliphatic heterocycles. The standard InChI is InChI=1S/C28H37N3O4/c1-5-18(4)31-24(26(33)29-19-9-7-6-8-10-19)28-14-13-21(35-28)22(23(28)27(31)34)25(32)30-20-12-11-16(2)17(3)15-20/h11-15,18-19,21-24H,5-10H2,1-4H3,(H,29,33)(H,30,32)/t18-,21+,22-,23+,24+,28-/m0/s1. The molecular weight excluding hydrogens is 442 g/mol. The molecule has 1 aromatic rings. The molecule has 1 saturated carbocycles. The second kappa shape index (κ2) is 9.08. The topological polar surface area (TPSA) is 87.7 Å². The predicted octanol–water partition coefficient (Wildman–Crippen LogP) is 3.64. The van der Waals surface area contributed by atoms with Gasteiger partial charge in [-0.2, -0.15) is 0 Å². The number of anilines is 1. The van der Waals surface area contributed by atoms with Crippen LogP contribution < -0.4 is 10.6 Å². The van der Waals surface area contributed by atoms with Crippen LogP contribution in [-0.2, 0) is 19.1 Å². The Morgan fingerprint density at radius 1 is 1.14 bits per heavy atom. The molecule has 0 radical (unpaired) electrons. The number of hydrogen-bond donors (Lipinski definition) is 2. The molecule has 7 nitrogen and oxygen atoms in total. The molecule has 1 aromatic carbocycles. The number of hydrogen-bond acceptors (Lipinski definition) is 4. The fourth-order valence-electron chi connectivity index (χ4n) is 6.45. The summed E-state index contributed by atoms with van der Waals surface area (Å²) in [5.74, 6) is -1.93. The van der Waals surface area contributed by atoms with Crippen LogP contribution in [-0.4, -0.2) is 52.5 Å². The van der Waals surface area contributed by atoms with E-state index in [9.17, 15) is 14.4 Å². The van der Waals surface area contributed by atoms with Crippen LogP contribution in [0.5, 0.6) is 0 Å². The number of benzene rings is 1. The number of ether oxygens (including phenoxy) is 1. The van der Waals surface area contributed by atoms with Crippen molar-refractivity contribution in [3.8, 4) is 0 Å². The normalized spacial score (nSPS) is 32.6. The van der Waals surface area contributed by atoms with Gasteiger partial charge in [-0.1, -0.05) is 44.4 Å². The molecule has 2 N–H and O–H groups in total. The molecule has 2 bridgehead atoms. The van der Waals surface area contributed by atoms with Crippen LogP contribution in [0.2, 0.25) is 0 Å². The third kappa shape index (κ3) is 3.88. The molecule has 6 atom stereocenters. The van der Waals surface area contributed by atoms with E-state index in [1.54, 1.807) is 4.90 Å². The van der Waals surface area contributed by atoms with Crippen molar-refractivity contribution in [3.63, 3.8) is 0 Å². The number of nitrogens with zero attached hydrogens (tertiary/aromatic N) is 1.